The van der Waals surface area contributed by atoms with Gasteiger partial charge in [-0.1, -0.05) is 17.3 Å². The highest BCUT2D eigenvalue weighted by Gasteiger charge is 2.36. The van der Waals surface area contributed by atoms with Gasteiger partial charge >= 0.3 is 5.97 Å². The Labute approximate surface area is 158 Å². The van der Waals surface area contributed by atoms with Gasteiger partial charge in [0.15, 0.2) is 5.76 Å². The van der Waals surface area contributed by atoms with Gasteiger partial charge in [0.25, 0.3) is 11.8 Å². The van der Waals surface area contributed by atoms with Crippen molar-refractivity contribution in [2.24, 2.45) is 0 Å². The first-order valence-electron chi connectivity index (χ1n) is 8.35. The number of ether oxygens (including phenoxy) is 1. The van der Waals surface area contributed by atoms with Gasteiger partial charge in [-0.2, -0.15) is 0 Å². The maximum atomic E-state index is 13.0. The van der Waals surface area contributed by atoms with Crippen molar-refractivity contribution in [3.8, 4) is 11.3 Å². The molecule has 2 aromatic carbocycles. The summed E-state index contributed by atoms with van der Waals surface area (Å²) in [4.78, 5) is 37.4. The van der Waals surface area contributed by atoms with E-state index in [1.54, 1.807) is 18.2 Å². The molecule has 0 saturated carbocycles. The SMILES string of the molecule is O=C(CN1C(=O)c2ccccc2C1=O)OCc1cc(-c2ccc(F)cc2)on1. The zero-order chi connectivity index (χ0) is 19.7. The molecular weight excluding hydrogens is 367 g/mol. The molecule has 0 bridgehead atoms. The Morgan fingerprint density at radius 1 is 1.04 bits per heavy atom. The van der Waals surface area contributed by atoms with Gasteiger partial charge in [-0.15, -0.1) is 0 Å². The number of hydrogen-bond acceptors (Lipinski definition) is 6. The zero-order valence-electron chi connectivity index (χ0n) is 14.4. The fraction of sp³-hybridized carbons (Fsp3) is 0.100. The molecular formula is C20H13FN2O5. The second-order valence-corrected chi connectivity index (χ2v) is 6.09. The van der Waals surface area contributed by atoms with Crippen LogP contribution in [-0.2, 0) is 16.1 Å². The van der Waals surface area contributed by atoms with Crippen molar-refractivity contribution in [1.29, 1.82) is 0 Å². The molecule has 1 aromatic heterocycles. The quantitative estimate of drug-likeness (QED) is 0.499. The number of rotatable bonds is 5. The van der Waals surface area contributed by atoms with E-state index in [0.717, 1.165) is 4.90 Å². The van der Waals surface area contributed by atoms with E-state index in [1.807, 2.05) is 0 Å². The van der Waals surface area contributed by atoms with Crippen molar-refractivity contribution in [1.82, 2.24) is 10.1 Å². The number of aromatic nitrogens is 1. The first kappa shape index (κ1) is 17.6. The minimum Gasteiger partial charge on any atom is -0.458 e. The first-order valence-corrected chi connectivity index (χ1v) is 8.35. The van der Waals surface area contributed by atoms with Crippen LogP contribution in [0, 0.1) is 5.82 Å². The number of nitrogens with zero attached hydrogens (tertiary/aromatic N) is 2. The predicted molar refractivity (Wildman–Crippen MR) is 93.5 cm³/mol. The molecule has 2 heterocycles. The number of imide groups is 1. The van der Waals surface area contributed by atoms with Crippen molar-refractivity contribution < 1.29 is 28.0 Å². The van der Waals surface area contributed by atoms with E-state index in [-0.39, 0.29) is 23.6 Å². The summed E-state index contributed by atoms with van der Waals surface area (Å²) < 4.78 is 23.2. The molecule has 28 heavy (non-hydrogen) atoms. The molecule has 2 amide bonds. The minimum absolute atomic E-state index is 0.188. The van der Waals surface area contributed by atoms with Crippen LogP contribution in [0.15, 0.2) is 59.1 Å². The van der Waals surface area contributed by atoms with Gasteiger partial charge in [-0.3, -0.25) is 19.3 Å². The van der Waals surface area contributed by atoms with Crippen molar-refractivity contribution in [3.63, 3.8) is 0 Å². The Morgan fingerprint density at radius 2 is 1.68 bits per heavy atom. The van der Waals surface area contributed by atoms with Crippen molar-refractivity contribution >= 4 is 17.8 Å². The summed E-state index contributed by atoms with van der Waals surface area (Å²) in [6, 6.07) is 13.6. The zero-order valence-corrected chi connectivity index (χ0v) is 14.4. The molecule has 0 unspecified atom stereocenters. The van der Waals surface area contributed by atoms with E-state index in [4.69, 9.17) is 9.26 Å². The van der Waals surface area contributed by atoms with Crippen molar-refractivity contribution in [3.05, 3.63) is 77.2 Å². The maximum Gasteiger partial charge on any atom is 0.326 e. The van der Waals surface area contributed by atoms with Crippen LogP contribution in [-0.4, -0.2) is 34.4 Å². The van der Waals surface area contributed by atoms with Crippen LogP contribution >= 0.6 is 0 Å². The molecule has 8 heteroatoms. The van der Waals surface area contributed by atoms with E-state index in [2.05, 4.69) is 5.16 Å². The highest BCUT2D eigenvalue weighted by atomic mass is 19.1. The fourth-order valence-corrected chi connectivity index (χ4v) is 2.84. The Morgan fingerprint density at radius 3 is 2.32 bits per heavy atom. The molecule has 0 saturated heterocycles. The van der Waals surface area contributed by atoms with E-state index < -0.39 is 24.3 Å². The predicted octanol–water partition coefficient (Wildman–Crippen LogP) is 2.82. The maximum absolute atomic E-state index is 13.0. The van der Waals surface area contributed by atoms with Crippen LogP contribution in [0.2, 0.25) is 0 Å². The topological polar surface area (TPSA) is 89.7 Å². The minimum atomic E-state index is -0.749. The lowest BCUT2D eigenvalue weighted by atomic mass is 10.1. The lowest BCUT2D eigenvalue weighted by molar-refractivity contribution is -0.145. The van der Waals surface area contributed by atoms with Crippen LogP contribution in [0.25, 0.3) is 11.3 Å². The molecule has 1 aliphatic heterocycles. The molecule has 0 atom stereocenters. The summed E-state index contributed by atoms with van der Waals surface area (Å²) in [6.07, 6.45) is 0. The lowest BCUT2D eigenvalue weighted by Gasteiger charge is -2.12. The van der Waals surface area contributed by atoms with Gasteiger partial charge in [0.1, 0.15) is 24.7 Å². The third kappa shape index (κ3) is 3.27. The molecule has 1 aliphatic rings. The second kappa shape index (κ2) is 7.07. The molecule has 0 spiro atoms. The Bertz CT molecular complexity index is 1040. The van der Waals surface area contributed by atoms with Gasteiger partial charge in [-0.05, 0) is 36.4 Å². The third-order valence-corrected chi connectivity index (χ3v) is 4.23. The molecule has 0 aliphatic carbocycles. The smallest absolute Gasteiger partial charge is 0.326 e. The summed E-state index contributed by atoms with van der Waals surface area (Å²) in [5.74, 6) is -1.78. The molecule has 7 nitrogen and oxygen atoms in total. The molecule has 140 valence electrons. The summed E-state index contributed by atoms with van der Waals surface area (Å²) in [5, 5.41) is 3.79. The molecule has 0 N–H and O–H groups in total. The standard InChI is InChI=1S/C20H13FN2O5/c21-13-7-5-12(6-8-13)17-9-14(22-28-17)11-27-18(24)10-23-19(25)15-3-1-2-4-16(15)20(23)26/h1-9H,10-11H2. The number of fused-ring (bicyclic) bond motifs is 1. The third-order valence-electron chi connectivity index (χ3n) is 4.23. The lowest BCUT2D eigenvalue weighted by Crippen LogP contribution is -2.35. The van der Waals surface area contributed by atoms with Gasteiger partial charge in [0.05, 0.1) is 11.1 Å². The number of carbonyl (C=O) groups excluding carboxylic acids is 3. The van der Waals surface area contributed by atoms with Crippen LogP contribution in [0.3, 0.4) is 0 Å². The van der Waals surface area contributed by atoms with E-state index in [0.29, 0.717) is 17.0 Å². The summed E-state index contributed by atoms with van der Waals surface area (Å²) >= 11 is 0. The van der Waals surface area contributed by atoms with Gasteiger partial charge < -0.3 is 9.26 Å². The highest BCUT2D eigenvalue weighted by molar-refractivity contribution is 6.22. The Balaban J connectivity index is 1.36. The monoisotopic (exact) mass is 380 g/mol. The van der Waals surface area contributed by atoms with Crippen LogP contribution < -0.4 is 0 Å². The van der Waals surface area contributed by atoms with Crippen LogP contribution in [0.5, 0.6) is 0 Å². The molecule has 0 fully saturated rings. The van der Waals surface area contributed by atoms with Gasteiger partial charge in [0, 0.05) is 11.6 Å². The van der Waals surface area contributed by atoms with E-state index in [9.17, 15) is 18.8 Å². The van der Waals surface area contributed by atoms with E-state index in [1.165, 1.54) is 36.4 Å². The highest BCUT2D eigenvalue weighted by Crippen LogP contribution is 2.23. The molecule has 0 radical (unpaired) electrons. The number of amides is 2. The number of esters is 1. The van der Waals surface area contributed by atoms with E-state index >= 15 is 0 Å². The second-order valence-electron chi connectivity index (χ2n) is 6.09. The Hall–Kier alpha value is -3.81. The summed E-state index contributed by atoms with van der Waals surface area (Å²) in [6.45, 7) is -0.679. The number of carbonyl (C=O) groups is 3. The number of halogens is 1. The van der Waals surface area contributed by atoms with Crippen LogP contribution in [0.1, 0.15) is 26.4 Å². The summed E-state index contributed by atoms with van der Waals surface area (Å²) in [5.41, 5.74) is 1.49. The number of benzene rings is 2. The fourth-order valence-electron chi connectivity index (χ4n) is 2.84. The molecule has 3 aromatic rings. The first-order chi connectivity index (χ1) is 13.5. The summed E-state index contributed by atoms with van der Waals surface area (Å²) in [7, 11) is 0. The normalized spacial score (nSPS) is 13.0. The number of hydrogen-bond donors (Lipinski definition) is 0. The van der Waals surface area contributed by atoms with Crippen molar-refractivity contribution in [2.45, 2.75) is 6.61 Å². The average Bonchev–Trinajstić information content (AvgIpc) is 3.27. The largest absolute Gasteiger partial charge is 0.458 e. The molecule has 4 rings (SSSR count). The van der Waals surface area contributed by atoms with Gasteiger partial charge in [0.2, 0.25) is 0 Å². The van der Waals surface area contributed by atoms with Crippen LogP contribution in [0.4, 0.5) is 4.39 Å². The average molecular weight is 380 g/mol. The van der Waals surface area contributed by atoms with Crippen molar-refractivity contribution in [2.75, 3.05) is 6.54 Å². The van der Waals surface area contributed by atoms with Gasteiger partial charge in [-0.25, -0.2) is 4.39 Å². The Kier molecular flexibility index (Phi) is 4.44.